The Balaban J connectivity index is 2.07. The molecule has 2 rings (SSSR count). The monoisotopic (exact) mass is 462 g/mol. The number of halogens is 3. The van der Waals surface area contributed by atoms with E-state index in [1.54, 1.807) is 7.11 Å². The normalized spacial score (nSPS) is 10.4. The number of ether oxygens (including phenoxy) is 2. The van der Waals surface area contributed by atoms with E-state index in [4.69, 9.17) is 9.47 Å². The van der Waals surface area contributed by atoms with Crippen molar-refractivity contribution in [2.45, 2.75) is 11.9 Å². The maximum absolute atomic E-state index is 5.81. The quantitative estimate of drug-likeness (QED) is 0.529. The molecule has 0 aromatic heterocycles. The molecule has 106 valence electrons. The highest BCUT2D eigenvalue weighted by atomic mass is 79.9. The first kappa shape index (κ1) is 15.9. The second-order valence-corrected chi connectivity index (χ2v) is 6.41. The van der Waals surface area contributed by atoms with Crippen LogP contribution in [0.4, 0.5) is 0 Å². The van der Waals surface area contributed by atoms with Gasteiger partial charge in [-0.3, -0.25) is 0 Å². The standard InChI is InChI=1S/C15H13Br3O2/c1-19-15-5-2-10(6-14(15)18)9-20-12-3-4-13(17)11(7-12)8-16/h2-7H,8-9H2,1H3. The predicted molar refractivity (Wildman–Crippen MR) is 91.8 cm³/mol. The van der Waals surface area contributed by atoms with Crippen LogP contribution in [0.3, 0.4) is 0 Å². The van der Waals surface area contributed by atoms with Crippen molar-refractivity contribution in [1.82, 2.24) is 0 Å². The van der Waals surface area contributed by atoms with Crippen LogP contribution in [0.15, 0.2) is 45.3 Å². The summed E-state index contributed by atoms with van der Waals surface area (Å²) in [7, 11) is 1.65. The molecule has 0 atom stereocenters. The molecule has 0 spiro atoms. The van der Waals surface area contributed by atoms with E-state index in [0.29, 0.717) is 6.61 Å². The maximum atomic E-state index is 5.81. The minimum atomic E-state index is 0.520. The number of rotatable bonds is 5. The summed E-state index contributed by atoms with van der Waals surface area (Å²) in [5.74, 6) is 1.67. The fraction of sp³-hybridized carbons (Fsp3) is 0.200. The second kappa shape index (κ2) is 7.48. The first-order valence-corrected chi connectivity index (χ1v) is 8.64. The van der Waals surface area contributed by atoms with Crippen LogP contribution in [0, 0.1) is 0 Å². The fourth-order valence-corrected chi connectivity index (χ4v) is 3.52. The van der Waals surface area contributed by atoms with Gasteiger partial charge in [0.2, 0.25) is 0 Å². The predicted octanol–water partition coefficient (Wildman–Crippen LogP) is 5.69. The maximum Gasteiger partial charge on any atom is 0.133 e. The van der Waals surface area contributed by atoms with Gasteiger partial charge in [0.05, 0.1) is 11.6 Å². The van der Waals surface area contributed by atoms with Gasteiger partial charge in [0.15, 0.2) is 0 Å². The van der Waals surface area contributed by atoms with Crippen LogP contribution >= 0.6 is 47.8 Å². The van der Waals surface area contributed by atoms with Crippen molar-refractivity contribution in [2.24, 2.45) is 0 Å². The van der Waals surface area contributed by atoms with Crippen molar-refractivity contribution >= 4 is 47.8 Å². The molecule has 2 aromatic carbocycles. The summed E-state index contributed by atoms with van der Waals surface area (Å²) in [5, 5.41) is 0.791. The second-order valence-electron chi connectivity index (χ2n) is 4.14. The van der Waals surface area contributed by atoms with Crippen molar-refractivity contribution < 1.29 is 9.47 Å². The number of hydrogen-bond donors (Lipinski definition) is 0. The average Bonchev–Trinajstić information content (AvgIpc) is 2.46. The molecule has 0 radical (unpaired) electrons. The zero-order chi connectivity index (χ0) is 14.5. The molecule has 0 aliphatic rings. The Kier molecular flexibility index (Phi) is 5.93. The van der Waals surface area contributed by atoms with Gasteiger partial charge in [-0.1, -0.05) is 37.9 Å². The minimum Gasteiger partial charge on any atom is -0.496 e. The smallest absolute Gasteiger partial charge is 0.133 e. The molecule has 0 bridgehead atoms. The highest BCUT2D eigenvalue weighted by Crippen LogP contribution is 2.27. The van der Waals surface area contributed by atoms with Gasteiger partial charge in [-0.2, -0.15) is 0 Å². The summed E-state index contributed by atoms with van der Waals surface area (Å²) >= 11 is 10.4. The van der Waals surface area contributed by atoms with Crippen LogP contribution in [0.25, 0.3) is 0 Å². The molecule has 0 aliphatic carbocycles. The number of methoxy groups -OCH3 is 1. The van der Waals surface area contributed by atoms with E-state index in [2.05, 4.69) is 47.8 Å². The van der Waals surface area contributed by atoms with E-state index < -0.39 is 0 Å². The molecule has 0 saturated heterocycles. The SMILES string of the molecule is COc1ccc(COc2ccc(Br)c(CBr)c2)cc1Br. The largest absolute Gasteiger partial charge is 0.496 e. The zero-order valence-corrected chi connectivity index (χ0v) is 15.6. The van der Waals surface area contributed by atoms with Crippen LogP contribution in [0.5, 0.6) is 11.5 Å². The first-order valence-electron chi connectivity index (χ1n) is 5.93. The molecule has 0 N–H and O–H groups in total. The Bertz CT molecular complexity index is 600. The van der Waals surface area contributed by atoms with Crippen molar-refractivity contribution in [3.8, 4) is 11.5 Å². The minimum absolute atomic E-state index is 0.520. The van der Waals surface area contributed by atoms with Gasteiger partial charge >= 0.3 is 0 Å². The van der Waals surface area contributed by atoms with Gasteiger partial charge in [0.25, 0.3) is 0 Å². The molecule has 0 aliphatic heterocycles. The van der Waals surface area contributed by atoms with Crippen LogP contribution in [0.2, 0.25) is 0 Å². The lowest BCUT2D eigenvalue weighted by Crippen LogP contribution is -1.97. The summed E-state index contributed by atoms with van der Waals surface area (Å²) in [6.07, 6.45) is 0. The van der Waals surface area contributed by atoms with Crippen LogP contribution in [-0.2, 0) is 11.9 Å². The number of hydrogen-bond acceptors (Lipinski definition) is 2. The summed E-state index contributed by atoms with van der Waals surface area (Å²) in [6, 6.07) is 11.9. The molecule has 0 unspecified atom stereocenters. The fourth-order valence-electron chi connectivity index (χ4n) is 1.71. The average molecular weight is 465 g/mol. The topological polar surface area (TPSA) is 18.5 Å². The van der Waals surface area contributed by atoms with E-state index >= 15 is 0 Å². The first-order chi connectivity index (χ1) is 9.63. The Hall–Kier alpha value is -0.520. The van der Waals surface area contributed by atoms with Crippen molar-refractivity contribution in [3.05, 3.63) is 56.5 Å². The molecule has 5 heteroatoms. The lowest BCUT2D eigenvalue weighted by molar-refractivity contribution is 0.305. The van der Waals surface area contributed by atoms with Gasteiger partial charge in [-0.05, 0) is 57.4 Å². The molecule has 2 nitrogen and oxygen atoms in total. The van der Waals surface area contributed by atoms with Crippen LogP contribution in [-0.4, -0.2) is 7.11 Å². The lowest BCUT2D eigenvalue weighted by Gasteiger charge is -2.10. The third kappa shape index (κ3) is 3.99. The Morgan fingerprint density at radius 3 is 2.45 bits per heavy atom. The van der Waals surface area contributed by atoms with Gasteiger partial charge in [0.1, 0.15) is 18.1 Å². The van der Waals surface area contributed by atoms with Crippen molar-refractivity contribution in [1.29, 1.82) is 0 Å². The Labute approximate surface area is 143 Å². The van der Waals surface area contributed by atoms with Crippen molar-refractivity contribution in [2.75, 3.05) is 7.11 Å². The molecule has 20 heavy (non-hydrogen) atoms. The molecular formula is C15H13Br3O2. The molecule has 0 amide bonds. The van der Waals surface area contributed by atoms with Gasteiger partial charge in [-0.25, -0.2) is 0 Å². The summed E-state index contributed by atoms with van der Waals surface area (Å²) in [5.41, 5.74) is 2.25. The Morgan fingerprint density at radius 2 is 1.80 bits per heavy atom. The summed E-state index contributed by atoms with van der Waals surface area (Å²) in [4.78, 5) is 0. The third-order valence-electron chi connectivity index (χ3n) is 2.78. The van der Waals surface area contributed by atoms with E-state index in [1.165, 1.54) is 5.56 Å². The van der Waals surface area contributed by atoms with Crippen LogP contribution in [0.1, 0.15) is 11.1 Å². The molecule has 2 aromatic rings. The van der Waals surface area contributed by atoms with Gasteiger partial charge < -0.3 is 9.47 Å². The highest BCUT2D eigenvalue weighted by molar-refractivity contribution is 9.11. The molecule has 0 heterocycles. The molecular weight excluding hydrogens is 452 g/mol. The van der Waals surface area contributed by atoms with E-state index in [-0.39, 0.29) is 0 Å². The van der Waals surface area contributed by atoms with Gasteiger partial charge in [0, 0.05) is 9.80 Å². The van der Waals surface area contributed by atoms with Crippen LogP contribution < -0.4 is 9.47 Å². The van der Waals surface area contributed by atoms with Gasteiger partial charge in [-0.15, -0.1) is 0 Å². The van der Waals surface area contributed by atoms with Crippen molar-refractivity contribution in [3.63, 3.8) is 0 Å². The molecule has 0 saturated carbocycles. The third-order valence-corrected chi connectivity index (χ3v) is 4.78. The zero-order valence-electron chi connectivity index (χ0n) is 10.8. The summed E-state index contributed by atoms with van der Waals surface area (Å²) < 4.78 is 13.0. The number of alkyl halides is 1. The lowest BCUT2D eigenvalue weighted by atomic mass is 10.2. The van der Waals surface area contributed by atoms with E-state index in [1.807, 2.05) is 36.4 Å². The summed E-state index contributed by atoms with van der Waals surface area (Å²) in [6.45, 7) is 0.520. The highest BCUT2D eigenvalue weighted by Gasteiger charge is 2.04. The molecule has 0 fully saturated rings. The van der Waals surface area contributed by atoms with E-state index in [0.717, 1.165) is 31.3 Å². The van der Waals surface area contributed by atoms with E-state index in [9.17, 15) is 0 Å². The number of benzene rings is 2. The Morgan fingerprint density at radius 1 is 1.00 bits per heavy atom.